The van der Waals surface area contributed by atoms with Gasteiger partial charge in [0.1, 0.15) is 5.82 Å². The number of halogens is 1. The summed E-state index contributed by atoms with van der Waals surface area (Å²) in [5.41, 5.74) is 4.22. The average molecular weight is 314 g/mol. The molecule has 0 saturated carbocycles. The summed E-state index contributed by atoms with van der Waals surface area (Å²) in [4.78, 5) is 7.01. The average Bonchev–Trinajstić information content (AvgIpc) is 2.86. The van der Waals surface area contributed by atoms with E-state index in [4.69, 9.17) is 16.6 Å². The second-order valence-electron chi connectivity index (χ2n) is 5.32. The molecule has 114 valence electrons. The number of imidazole rings is 1. The molecule has 0 aliphatic heterocycles. The van der Waals surface area contributed by atoms with Gasteiger partial charge in [0, 0.05) is 31.4 Å². The highest BCUT2D eigenvalue weighted by Gasteiger charge is 2.14. The molecule has 3 nitrogen and oxygen atoms in total. The Hall–Kier alpha value is -2.00. The number of aromatic nitrogens is 2. The van der Waals surface area contributed by atoms with Crippen molar-refractivity contribution in [3.63, 3.8) is 0 Å². The van der Waals surface area contributed by atoms with Gasteiger partial charge in [-0.05, 0) is 44.2 Å². The Balaban J connectivity index is 2.09. The molecule has 22 heavy (non-hydrogen) atoms. The van der Waals surface area contributed by atoms with Crippen LogP contribution in [0.25, 0.3) is 22.4 Å². The second-order valence-corrected chi connectivity index (χ2v) is 5.73. The van der Waals surface area contributed by atoms with Crippen molar-refractivity contribution in [3.8, 4) is 11.4 Å². The minimum atomic E-state index is 0.739. The van der Waals surface area contributed by atoms with Gasteiger partial charge in [-0.2, -0.15) is 0 Å². The molecule has 2 aromatic carbocycles. The first-order valence-corrected chi connectivity index (χ1v) is 7.99. The van der Waals surface area contributed by atoms with Crippen LogP contribution in [-0.2, 0) is 7.05 Å². The Morgan fingerprint density at radius 3 is 2.45 bits per heavy atom. The minimum absolute atomic E-state index is 0.739. The van der Waals surface area contributed by atoms with E-state index in [1.165, 1.54) is 0 Å². The second kappa shape index (κ2) is 6.01. The minimum Gasteiger partial charge on any atom is -0.372 e. The van der Waals surface area contributed by atoms with E-state index >= 15 is 0 Å². The van der Waals surface area contributed by atoms with E-state index in [-0.39, 0.29) is 0 Å². The maximum Gasteiger partial charge on any atom is 0.142 e. The third kappa shape index (κ3) is 2.46. The summed E-state index contributed by atoms with van der Waals surface area (Å²) < 4.78 is 2.09. The van der Waals surface area contributed by atoms with Gasteiger partial charge in [-0.25, -0.2) is 4.98 Å². The third-order valence-electron chi connectivity index (χ3n) is 4.11. The highest BCUT2D eigenvalue weighted by atomic mass is 35.5. The lowest BCUT2D eigenvalue weighted by Crippen LogP contribution is -2.21. The molecule has 0 aliphatic carbocycles. The maximum absolute atomic E-state index is 6.54. The molecular formula is C18H20ClN3. The van der Waals surface area contributed by atoms with Crippen LogP contribution in [-0.4, -0.2) is 22.6 Å². The molecule has 0 atom stereocenters. The van der Waals surface area contributed by atoms with Gasteiger partial charge in [0.15, 0.2) is 0 Å². The zero-order chi connectivity index (χ0) is 15.7. The van der Waals surface area contributed by atoms with Crippen molar-refractivity contribution >= 4 is 28.3 Å². The van der Waals surface area contributed by atoms with Crippen molar-refractivity contribution in [2.24, 2.45) is 7.05 Å². The number of hydrogen-bond acceptors (Lipinski definition) is 2. The van der Waals surface area contributed by atoms with E-state index in [2.05, 4.69) is 41.5 Å². The fourth-order valence-electron chi connectivity index (χ4n) is 2.86. The molecule has 1 heterocycles. The molecule has 3 rings (SSSR count). The predicted octanol–water partition coefficient (Wildman–Crippen LogP) is 4.74. The Labute approximate surface area is 136 Å². The summed E-state index contributed by atoms with van der Waals surface area (Å²) in [6, 6.07) is 14.3. The molecule has 0 fully saturated rings. The van der Waals surface area contributed by atoms with Crippen molar-refractivity contribution in [1.82, 2.24) is 9.55 Å². The van der Waals surface area contributed by atoms with Gasteiger partial charge in [-0.1, -0.05) is 23.7 Å². The monoisotopic (exact) mass is 313 g/mol. The zero-order valence-corrected chi connectivity index (χ0v) is 13.9. The van der Waals surface area contributed by atoms with Gasteiger partial charge in [0.05, 0.1) is 16.1 Å². The fraction of sp³-hybridized carbons (Fsp3) is 0.278. The lowest BCUT2D eigenvalue weighted by atomic mass is 10.1. The quantitative estimate of drug-likeness (QED) is 0.693. The van der Waals surface area contributed by atoms with Crippen LogP contribution in [0.1, 0.15) is 13.8 Å². The number of benzene rings is 2. The number of para-hydroxylation sites is 2. The summed E-state index contributed by atoms with van der Waals surface area (Å²) >= 11 is 6.54. The molecular weight excluding hydrogens is 294 g/mol. The van der Waals surface area contributed by atoms with Crippen LogP contribution in [0.2, 0.25) is 5.02 Å². The van der Waals surface area contributed by atoms with Gasteiger partial charge in [-0.15, -0.1) is 0 Å². The largest absolute Gasteiger partial charge is 0.372 e. The van der Waals surface area contributed by atoms with E-state index in [1.807, 2.05) is 31.3 Å². The molecule has 3 aromatic rings. The lowest BCUT2D eigenvalue weighted by Gasteiger charge is -2.21. The highest BCUT2D eigenvalue weighted by molar-refractivity contribution is 6.33. The molecule has 4 heteroatoms. The molecule has 1 aromatic heterocycles. The maximum atomic E-state index is 6.54. The third-order valence-corrected chi connectivity index (χ3v) is 4.42. The topological polar surface area (TPSA) is 21.1 Å². The van der Waals surface area contributed by atoms with Gasteiger partial charge < -0.3 is 9.47 Å². The number of aryl methyl sites for hydroxylation is 1. The summed E-state index contributed by atoms with van der Waals surface area (Å²) in [6.07, 6.45) is 0. The van der Waals surface area contributed by atoms with Crippen LogP contribution in [0.4, 0.5) is 5.69 Å². The van der Waals surface area contributed by atoms with Crippen molar-refractivity contribution in [2.45, 2.75) is 13.8 Å². The van der Waals surface area contributed by atoms with Crippen LogP contribution in [0.3, 0.4) is 0 Å². The molecule has 0 spiro atoms. The first-order chi connectivity index (χ1) is 10.7. The van der Waals surface area contributed by atoms with Crippen molar-refractivity contribution in [3.05, 3.63) is 47.5 Å². The molecule has 0 N–H and O–H groups in total. The van der Waals surface area contributed by atoms with E-state index < -0.39 is 0 Å². The van der Waals surface area contributed by atoms with Gasteiger partial charge >= 0.3 is 0 Å². The Morgan fingerprint density at radius 1 is 1.09 bits per heavy atom. The lowest BCUT2D eigenvalue weighted by molar-refractivity contribution is 0.866. The van der Waals surface area contributed by atoms with Crippen molar-refractivity contribution in [2.75, 3.05) is 18.0 Å². The number of anilines is 1. The van der Waals surface area contributed by atoms with Gasteiger partial charge in [0.2, 0.25) is 0 Å². The highest BCUT2D eigenvalue weighted by Crippen LogP contribution is 2.32. The fourth-order valence-corrected chi connectivity index (χ4v) is 3.12. The van der Waals surface area contributed by atoms with Crippen LogP contribution in [0.15, 0.2) is 42.5 Å². The summed E-state index contributed by atoms with van der Waals surface area (Å²) in [5.74, 6) is 0.900. The normalized spacial score (nSPS) is 11.1. The van der Waals surface area contributed by atoms with Crippen LogP contribution < -0.4 is 4.90 Å². The number of hydrogen-bond donors (Lipinski definition) is 0. The van der Waals surface area contributed by atoms with Crippen molar-refractivity contribution < 1.29 is 0 Å². The predicted molar refractivity (Wildman–Crippen MR) is 94.7 cm³/mol. The summed E-state index contributed by atoms with van der Waals surface area (Å²) in [5, 5.41) is 0.739. The number of rotatable bonds is 4. The van der Waals surface area contributed by atoms with Crippen LogP contribution in [0, 0.1) is 0 Å². The smallest absolute Gasteiger partial charge is 0.142 e. The van der Waals surface area contributed by atoms with Gasteiger partial charge in [0.25, 0.3) is 0 Å². The van der Waals surface area contributed by atoms with Crippen molar-refractivity contribution in [1.29, 1.82) is 0 Å². The van der Waals surface area contributed by atoms with Crippen LogP contribution >= 0.6 is 11.6 Å². The van der Waals surface area contributed by atoms with E-state index in [1.54, 1.807) is 0 Å². The summed E-state index contributed by atoms with van der Waals surface area (Å²) in [6.45, 7) is 6.24. The molecule has 0 bridgehead atoms. The Bertz CT molecular complexity index is 803. The Kier molecular flexibility index (Phi) is 4.08. The molecule has 0 unspecified atom stereocenters. The SMILES string of the molecule is CCN(CC)c1ccc(-c2nc3ccccc3n2C)c(Cl)c1. The van der Waals surface area contributed by atoms with Crippen LogP contribution in [0.5, 0.6) is 0 Å². The van der Waals surface area contributed by atoms with E-state index in [0.29, 0.717) is 0 Å². The van der Waals surface area contributed by atoms with E-state index in [0.717, 1.165) is 46.2 Å². The van der Waals surface area contributed by atoms with E-state index in [9.17, 15) is 0 Å². The molecule has 0 saturated heterocycles. The molecule has 0 radical (unpaired) electrons. The first kappa shape index (κ1) is 14.9. The molecule has 0 aliphatic rings. The standard InChI is InChI=1S/C18H20ClN3/c1-4-22(5-2)13-10-11-14(15(19)12-13)18-20-16-8-6-7-9-17(16)21(18)3/h6-12H,4-5H2,1-3H3. The number of nitrogens with zero attached hydrogens (tertiary/aromatic N) is 3. The summed E-state index contributed by atoms with van der Waals surface area (Å²) in [7, 11) is 2.03. The van der Waals surface area contributed by atoms with Gasteiger partial charge in [-0.3, -0.25) is 0 Å². The number of fused-ring (bicyclic) bond motifs is 1. The molecule has 0 amide bonds. The zero-order valence-electron chi connectivity index (χ0n) is 13.2. The first-order valence-electron chi connectivity index (χ1n) is 7.62. The Morgan fingerprint density at radius 2 is 1.82 bits per heavy atom.